The SMILES string of the molecule is CC(C)CC1CN(Cc2ccc(Br)cc2Cl)CCCN1. The first-order chi connectivity index (χ1) is 9.54. The van der Waals surface area contributed by atoms with E-state index in [1.807, 2.05) is 6.07 Å². The Bertz CT molecular complexity index is 436. The van der Waals surface area contributed by atoms with Crippen LogP contribution in [-0.2, 0) is 6.54 Å². The summed E-state index contributed by atoms with van der Waals surface area (Å²) >= 11 is 9.80. The molecular formula is C16H24BrClN2. The summed E-state index contributed by atoms with van der Waals surface area (Å²) in [6, 6.07) is 6.79. The summed E-state index contributed by atoms with van der Waals surface area (Å²) in [5.74, 6) is 0.740. The number of hydrogen-bond donors (Lipinski definition) is 1. The lowest BCUT2D eigenvalue weighted by molar-refractivity contribution is 0.248. The molecule has 0 amide bonds. The summed E-state index contributed by atoms with van der Waals surface area (Å²) in [5.41, 5.74) is 1.22. The van der Waals surface area contributed by atoms with Crippen LogP contribution < -0.4 is 5.32 Å². The maximum Gasteiger partial charge on any atom is 0.0462 e. The molecule has 1 aliphatic rings. The molecule has 1 unspecified atom stereocenters. The van der Waals surface area contributed by atoms with Crippen molar-refractivity contribution in [2.24, 2.45) is 5.92 Å². The van der Waals surface area contributed by atoms with E-state index in [0.717, 1.165) is 41.6 Å². The summed E-state index contributed by atoms with van der Waals surface area (Å²) in [6.45, 7) is 8.92. The van der Waals surface area contributed by atoms with Crippen LogP contribution in [0, 0.1) is 5.92 Å². The van der Waals surface area contributed by atoms with Gasteiger partial charge in [0.1, 0.15) is 0 Å². The van der Waals surface area contributed by atoms with E-state index >= 15 is 0 Å². The standard InChI is InChI=1S/C16H24BrClN2/c1-12(2)8-15-11-20(7-3-6-19-15)10-13-4-5-14(17)9-16(13)18/h4-5,9,12,15,19H,3,6-8,10-11H2,1-2H3. The molecule has 0 saturated carbocycles. The molecule has 1 heterocycles. The fourth-order valence-corrected chi connectivity index (χ4v) is 3.57. The lowest BCUT2D eigenvalue weighted by Crippen LogP contribution is -2.38. The number of halogens is 2. The van der Waals surface area contributed by atoms with Crippen LogP contribution in [0.25, 0.3) is 0 Å². The molecule has 1 fully saturated rings. The van der Waals surface area contributed by atoms with Crippen molar-refractivity contribution in [3.63, 3.8) is 0 Å². The molecule has 0 aromatic heterocycles. The summed E-state index contributed by atoms with van der Waals surface area (Å²) in [7, 11) is 0. The van der Waals surface area contributed by atoms with Crippen molar-refractivity contribution in [3.8, 4) is 0 Å². The first-order valence-corrected chi connectivity index (χ1v) is 8.61. The molecule has 1 saturated heterocycles. The number of nitrogens with zero attached hydrogens (tertiary/aromatic N) is 1. The second-order valence-corrected chi connectivity index (χ2v) is 7.43. The normalized spacial score (nSPS) is 21.1. The highest BCUT2D eigenvalue weighted by atomic mass is 79.9. The predicted molar refractivity (Wildman–Crippen MR) is 90.3 cm³/mol. The number of rotatable bonds is 4. The van der Waals surface area contributed by atoms with Crippen LogP contribution in [-0.4, -0.2) is 30.6 Å². The first kappa shape index (κ1) is 16.3. The van der Waals surface area contributed by atoms with Crippen LogP contribution in [0.5, 0.6) is 0 Å². The Morgan fingerprint density at radius 2 is 2.25 bits per heavy atom. The summed E-state index contributed by atoms with van der Waals surface area (Å²) in [5, 5.41) is 4.53. The minimum absolute atomic E-state index is 0.603. The molecule has 0 spiro atoms. The molecule has 0 aliphatic carbocycles. The maximum atomic E-state index is 6.34. The Morgan fingerprint density at radius 3 is 2.95 bits per heavy atom. The first-order valence-electron chi connectivity index (χ1n) is 7.44. The highest BCUT2D eigenvalue weighted by Crippen LogP contribution is 2.23. The minimum atomic E-state index is 0.603. The Balaban J connectivity index is 1.99. The third-order valence-corrected chi connectivity index (χ3v) is 4.57. The van der Waals surface area contributed by atoms with E-state index in [9.17, 15) is 0 Å². The van der Waals surface area contributed by atoms with Crippen LogP contribution in [0.3, 0.4) is 0 Å². The molecule has 2 rings (SSSR count). The Labute approximate surface area is 136 Å². The van der Waals surface area contributed by atoms with E-state index in [0.29, 0.717) is 6.04 Å². The molecule has 20 heavy (non-hydrogen) atoms. The van der Waals surface area contributed by atoms with Crippen molar-refractivity contribution in [1.29, 1.82) is 0 Å². The fourth-order valence-electron chi connectivity index (χ4n) is 2.84. The zero-order valence-electron chi connectivity index (χ0n) is 12.3. The van der Waals surface area contributed by atoms with Crippen LogP contribution in [0.1, 0.15) is 32.3 Å². The van der Waals surface area contributed by atoms with Gasteiger partial charge in [-0.25, -0.2) is 0 Å². The zero-order chi connectivity index (χ0) is 14.5. The van der Waals surface area contributed by atoms with E-state index in [2.05, 4.69) is 52.1 Å². The monoisotopic (exact) mass is 358 g/mol. The number of benzene rings is 1. The molecule has 1 N–H and O–H groups in total. The molecule has 0 radical (unpaired) electrons. The smallest absolute Gasteiger partial charge is 0.0462 e. The van der Waals surface area contributed by atoms with Crippen LogP contribution >= 0.6 is 27.5 Å². The van der Waals surface area contributed by atoms with E-state index in [1.165, 1.54) is 18.4 Å². The molecule has 0 bridgehead atoms. The van der Waals surface area contributed by atoms with Gasteiger partial charge in [-0.2, -0.15) is 0 Å². The maximum absolute atomic E-state index is 6.34. The van der Waals surface area contributed by atoms with Gasteiger partial charge in [0.15, 0.2) is 0 Å². The van der Waals surface area contributed by atoms with Crippen molar-refractivity contribution in [1.82, 2.24) is 10.2 Å². The van der Waals surface area contributed by atoms with Gasteiger partial charge in [-0.3, -0.25) is 4.90 Å². The predicted octanol–water partition coefficient (Wildman–Crippen LogP) is 4.31. The fraction of sp³-hybridized carbons (Fsp3) is 0.625. The highest BCUT2D eigenvalue weighted by molar-refractivity contribution is 9.10. The largest absolute Gasteiger partial charge is 0.313 e. The zero-order valence-corrected chi connectivity index (χ0v) is 14.7. The molecular weight excluding hydrogens is 336 g/mol. The average molecular weight is 360 g/mol. The van der Waals surface area contributed by atoms with Crippen LogP contribution in [0.15, 0.2) is 22.7 Å². The van der Waals surface area contributed by atoms with Gasteiger partial charge < -0.3 is 5.32 Å². The second kappa shape index (κ2) is 7.79. The summed E-state index contributed by atoms with van der Waals surface area (Å²) in [4.78, 5) is 2.53. The second-order valence-electron chi connectivity index (χ2n) is 6.10. The van der Waals surface area contributed by atoms with E-state index in [1.54, 1.807) is 0 Å². The molecule has 1 aromatic rings. The van der Waals surface area contributed by atoms with Gasteiger partial charge in [-0.15, -0.1) is 0 Å². The van der Waals surface area contributed by atoms with Crippen LogP contribution in [0.4, 0.5) is 0 Å². The van der Waals surface area contributed by atoms with E-state index < -0.39 is 0 Å². The van der Waals surface area contributed by atoms with Crippen molar-refractivity contribution in [2.45, 2.75) is 39.3 Å². The number of nitrogens with one attached hydrogen (secondary N) is 1. The third-order valence-electron chi connectivity index (χ3n) is 3.73. The van der Waals surface area contributed by atoms with Crippen molar-refractivity contribution >= 4 is 27.5 Å². The molecule has 1 aromatic carbocycles. The van der Waals surface area contributed by atoms with Gasteiger partial charge in [0.25, 0.3) is 0 Å². The summed E-state index contributed by atoms with van der Waals surface area (Å²) in [6.07, 6.45) is 2.45. The average Bonchev–Trinajstić information content (AvgIpc) is 2.57. The van der Waals surface area contributed by atoms with Gasteiger partial charge in [-0.1, -0.05) is 47.4 Å². The van der Waals surface area contributed by atoms with Gasteiger partial charge >= 0.3 is 0 Å². The van der Waals surface area contributed by atoms with Crippen molar-refractivity contribution in [2.75, 3.05) is 19.6 Å². The van der Waals surface area contributed by atoms with E-state index in [-0.39, 0.29) is 0 Å². The van der Waals surface area contributed by atoms with Gasteiger partial charge in [0, 0.05) is 28.6 Å². The van der Waals surface area contributed by atoms with Gasteiger partial charge in [-0.05, 0) is 49.5 Å². The Kier molecular flexibility index (Phi) is 6.34. The Hall–Kier alpha value is -0.0900. The molecule has 4 heteroatoms. The third kappa shape index (κ3) is 5.03. The summed E-state index contributed by atoms with van der Waals surface area (Å²) < 4.78 is 1.04. The van der Waals surface area contributed by atoms with E-state index in [4.69, 9.17) is 11.6 Å². The van der Waals surface area contributed by atoms with Gasteiger partial charge in [0.05, 0.1) is 0 Å². The topological polar surface area (TPSA) is 15.3 Å². The minimum Gasteiger partial charge on any atom is -0.313 e. The lowest BCUT2D eigenvalue weighted by atomic mass is 10.0. The number of hydrogen-bond acceptors (Lipinski definition) is 2. The van der Waals surface area contributed by atoms with Crippen LogP contribution in [0.2, 0.25) is 5.02 Å². The Morgan fingerprint density at radius 1 is 1.45 bits per heavy atom. The molecule has 1 atom stereocenters. The lowest BCUT2D eigenvalue weighted by Gasteiger charge is -2.25. The van der Waals surface area contributed by atoms with Crippen molar-refractivity contribution in [3.05, 3.63) is 33.3 Å². The highest BCUT2D eigenvalue weighted by Gasteiger charge is 2.19. The molecule has 2 nitrogen and oxygen atoms in total. The molecule has 1 aliphatic heterocycles. The van der Waals surface area contributed by atoms with Crippen molar-refractivity contribution < 1.29 is 0 Å². The molecule has 112 valence electrons. The quantitative estimate of drug-likeness (QED) is 0.861. The van der Waals surface area contributed by atoms with Gasteiger partial charge in [0.2, 0.25) is 0 Å².